The molecule has 1 aliphatic carbocycles. The third-order valence-corrected chi connectivity index (χ3v) is 3.69. The molecule has 1 aliphatic rings. The van der Waals surface area contributed by atoms with Crippen LogP contribution in [0.25, 0.3) is 0 Å². The van der Waals surface area contributed by atoms with Crippen LogP contribution in [0.4, 0.5) is 18.9 Å². The molecule has 2 rings (SSSR count). The number of aryl methyl sites for hydroxylation is 1. The molecule has 0 amide bonds. The van der Waals surface area contributed by atoms with Crippen LogP contribution in [-0.2, 0) is 6.18 Å². The molecule has 19 heavy (non-hydrogen) atoms. The van der Waals surface area contributed by atoms with Crippen molar-refractivity contribution in [2.24, 2.45) is 5.73 Å². The van der Waals surface area contributed by atoms with Gasteiger partial charge in [0.05, 0.1) is 5.56 Å². The van der Waals surface area contributed by atoms with Gasteiger partial charge in [-0.1, -0.05) is 6.07 Å². The van der Waals surface area contributed by atoms with E-state index in [1.807, 2.05) is 0 Å². The fourth-order valence-electron chi connectivity index (χ4n) is 2.52. The van der Waals surface area contributed by atoms with Crippen molar-refractivity contribution in [3.8, 4) is 0 Å². The summed E-state index contributed by atoms with van der Waals surface area (Å²) in [5.74, 6) is 0. The fourth-order valence-corrected chi connectivity index (χ4v) is 2.52. The second-order valence-corrected chi connectivity index (χ2v) is 5.28. The maximum absolute atomic E-state index is 12.8. The normalized spacial score (nSPS) is 24.3. The molecule has 0 radical (unpaired) electrons. The minimum Gasteiger partial charge on any atom is -0.382 e. The molecule has 1 fully saturated rings. The molecule has 2 nitrogen and oxygen atoms in total. The van der Waals surface area contributed by atoms with Gasteiger partial charge in [-0.15, -0.1) is 0 Å². The second kappa shape index (κ2) is 5.41. The van der Waals surface area contributed by atoms with E-state index in [4.69, 9.17) is 5.73 Å². The molecule has 1 aromatic carbocycles. The van der Waals surface area contributed by atoms with Gasteiger partial charge in [0.15, 0.2) is 0 Å². The van der Waals surface area contributed by atoms with Crippen molar-refractivity contribution in [1.82, 2.24) is 0 Å². The summed E-state index contributed by atoms with van der Waals surface area (Å²) in [5.41, 5.74) is 6.04. The van der Waals surface area contributed by atoms with Crippen LogP contribution in [-0.4, -0.2) is 12.1 Å². The molecule has 0 spiro atoms. The molecule has 0 bridgehead atoms. The average molecular weight is 272 g/mol. The fraction of sp³-hybridized carbons (Fsp3) is 0.571. The predicted octanol–water partition coefficient (Wildman–Crippen LogP) is 3.70. The Bertz CT molecular complexity index is 435. The van der Waals surface area contributed by atoms with Crippen LogP contribution < -0.4 is 11.1 Å². The van der Waals surface area contributed by atoms with Crippen LogP contribution in [0.1, 0.15) is 36.8 Å². The van der Waals surface area contributed by atoms with Gasteiger partial charge in [-0.05, 0) is 50.3 Å². The molecule has 3 N–H and O–H groups in total. The first kappa shape index (κ1) is 14.2. The monoisotopic (exact) mass is 272 g/mol. The van der Waals surface area contributed by atoms with Crippen LogP contribution in [0.15, 0.2) is 18.2 Å². The Morgan fingerprint density at radius 3 is 2.37 bits per heavy atom. The lowest BCUT2D eigenvalue weighted by Crippen LogP contribution is -2.32. The Hall–Kier alpha value is -1.23. The zero-order chi connectivity index (χ0) is 14.0. The zero-order valence-electron chi connectivity index (χ0n) is 10.9. The highest BCUT2D eigenvalue weighted by molar-refractivity contribution is 5.50. The van der Waals surface area contributed by atoms with E-state index in [1.54, 1.807) is 6.07 Å². The van der Waals surface area contributed by atoms with Crippen LogP contribution in [0.3, 0.4) is 0 Å². The zero-order valence-corrected chi connectivity index (χ0v) is 10.9. The van der Waals surface area contributed by atoms with Gasteiger partial charge in [-0.25, -0.2) is 0 Å². The molecule has 106 valence electrons. The van der Waals surface area contributed by atoms with Crippen molar-refractivity contribution in [3.63, 3.8) is 0 Å². The van der Waals surface area contributed by atoms with Gasteiger partial charge in [0.2, 0.25) is 0 Å². The first-order valence-corrected chi connectivity index (χ1v) is 6.56. The largest absolute Gasteiger partial charge is 0.416 e. The van der Waals surface area contributed by atoms with E-state index in [9.17, 15) is 13.2 Å². The van der Waals surface area contributed by atoms with Crippen LogP contribution in [0, 0.1) is 6.92 Å². The van der Waals surface area contributed by atoms with Gasteiger partial charge in [0, 0.05) is 17.8 Å². The number of nitrogens with two attached hydrogens (primary N) is 1. The first-order valence-electron chi connectivity index (χ1n) is 6.56. The molecule has 0 saturated heterocycles. The number of anilines is 1. The number of rotatable bonds is 2. The summed E-state index contributed by atoms with van der Waals surface area (Å²) in [5, 5.41) is 3.19. The summed E-state index contributed by atoms with van der Waals surface area (Å²) < 4.78 is 38.4. The van der Waals surface area contributed by atoms with Crippen molar-refractivity contribution in [2.45, 2.75) is 50.9 Å². The Labute approximate surface area is 111 Å². The van der Waals surface area contributed by atoms with Gasteiger partial charge < -0.3 is 11.1 Å². The lowest BCUT2D eigenvalue weighted by atomic mass is 9.91. The SMILES string of the molecule is Cc1ccc(NC2CCC(N)CC2)cc1C(F)(F)F. The molecule has 1 aromatic rings. The van der Waals surface area contributed by atoms with Gasteiger partial charge in [0.25, 0.3) is 0 Å². The van der Waals surface area contributed by atoms with Crippen molar-refractivity contribution in [2.75, 3.05) is 5.32 Å². The Balaban J connectivity index is 2.09. The number of hydrogen-bond donors (Lipinski definition) is 2. The summed E-state index contributed by atoms with van der Waals surface area (Å²) in [7, 11) is 0. The maximum Gasteiger partial charge on any atom is 0.416 e. The molecule has 5 heteroatoms. The average Bonchev–Trinajstić information content (AvgIpc) is 2.33. The summed E-state index contributed by atoms with van der Waals surface area (Å²) >= 11 is 0. The van der Waals surface area contributed by atoms with Crippen LogP contribution in [0.2, 0.25) is 0 Å². The van der Waals surface area contributed by atoms with Gasteiger partial charge in [-0.3, -0.25) is 0 Å². The van der Waals surface area contributed by atoms with E-state index in [-0.39, 0.29) is 17.6 Å². The van der Waals surface area contributed by atoms with Crippen molar-refractivity contribution < 1.29 is 13.2 Å². The Morgan fingerprint density at radius 1 is 1.16 bits per heavy atom. The van der Waals surface area contributed by atoms with E-state index in [2.05, 4.69) is 5.32 Å². The molecule has 0 atom stereocenters. The second-order valence-electron chi connectivity index (χ2n) is 5.28. The van der Waals surface area contributed by atoms with Gasteiger partial charge >= 0.3 is 6.18 Å². The van der Waals surface area contributed by atoms with Crippen molar-refractivity contribution >= 4 is 5.69 Å². The minimum absolute atomic E-state index is 0.226. The number of halogens is 3. The predicted molar refractivity (Wildman–Crippen MR) is 70.0 cm³/mol. The lowest BCUT2D eigenvalue weighted by Gasteiger charge is -2.28. The standard InChI is InChI=1S/C14H19F3N2/c1-9-2-5-12(8-13(9)14(15,16)17)19-11-6-3-10(18)4-7-11/h2,5,8,10-11,19H,3-4,6-7,18H2,1H3. The molecule has 0 aliphatic heterocycles. The lowest BCUT2D eigenvalue weighted by molar-refractivity contribution is -0.138. The van der Waals surface area contributed by atoms with Gasteiger partial charge in [-0.2, -0.15) is 13.2 Å². The summed E-state index contributed by atoms with van der Waals surface area (Å²) in [4.78, 5) is 0. The molecular formula is C14H19F3N2. The smallest absolute Gasteiger partial charge is 0.382 e. The van der Waals surface area contributed by atoms with Crippen LogP contribution >= 0.6 is 0 Å². The number of benzene rings is 1. The molecule has 0 heterocycles. The molecule has 1 saturated carbocycles. The summed E-state index contributed by atoms with van der Waals surface area (Å²) in [6, 6.07) is 4.88. The molecule has 0 unspecified atom stereocenters. The van der Waals surface area contributed by atoms with E-state index < -0.39 is 11.7 Å². The Morgan fingerprint density at radius 2 is 1.79 bits per heavy atom. The number of hydrogen-bond acceptors (Lipinski definition) is 2. The third kappa shape index (κ3) is 3.62. The van der Waals surface area contributed by atoms with E-state index >= 15 is 0 Å². The quantitative estimate of drug-likeness (QED) is 0.861. The topological polar surface area (TPSA) is 38.0 Å². The number of nitrogens with one attached hydrogen (secondary N) is 1. The van der Waals surface area contributed by atoms with E-state index in [0.29, 0.717) is 5.69 Å². The molecular weight excluding hydrogens is 253 g/mol. The first-order chi connectivity index (χ1) is 8.86. The Kier molecular flexibility index (Phi) is 4.04. The summed E-state index contributed by atoms with van der Waals surface area (Å²) in [6.45, 7) is 1.48. The van der Waals surface area contributed by atoms with Crippen molar-refractivity contribution in [3.05, 3.63) is 29.3 Å². The van der Waals surface area contributed by atoms with E-state index in [0.717, 1.165) is 25.7 Å². The van der Waals surface area contributed by atoms with Gasteiger partial charge in [0.1, 0.15) is 0 Å². The van der Waals surface area contributed by atoms with E-state index in [1.165, 1.54) is 19.1 Å². The summed E-state index contributed by atoms with van der Waals surface area (Å²) in [6.07, 6.45) is -0.616. The highest BCUT2D eigenvalue weighted by atomic mass is 19.4. The highest BCUT2D eigenvalue weighted by Crippen LogP contribution is 2.34. The maximum atomic E-state index is 12.8. The van der Waals surface area contributed by atoms with Crippen molar-refractivity contribution in [1.29, 1.82) is 0 Å². The minimum atomic E-state index is -4.29. The third-order valence-electron chi connectivity index (χ3n) is 3.69. The molecule has 0 aromatic heterocycles. The number of alkyl halides is 3. The van der Waals surface area contributed by atoms with Crippen LogP contribution in [0.5, 0.6) is 0 Å². The highest BCUT2D eigenvalue weighted by Gasteiger charge is 2.32.